The van der Waals surface area contributed by atoms with Crippen molar-refractivity contribution in [2.45, 2.75) is 51.7 Å². The molecular formula is C16H22O3. The molecule has 1 aliphatic carbocycles. The maximum Gasteiger partial charge on any atom is 0.169 e. The number of carbonyl (C=O) groups excluding carboxylic acids is 1. The van der Waals surface area contributed by atoms with E-state index in [2.05, 4.69) is 19.9 Å². The second kappa shape index (κ2) is 6.20. The standard InChI is InChI=1S/C16H22O3/c1-4-11(3)12-8-6-7-9-14(12)19-15-10-13(17)16(15)18-5-2/h6-9,11,15-16H,4-5,10H2,1-3H3. The maximum absolute atomic E-state index is 11.5. The van der Waals surface area contributed by atoms with Gasteiger partial charge in [0.25, 0.3) is 0 Å². The predicted molar refractivity (Wildman–Crippen MR) is 74.6 cm³/mol. The van der Waals surface area contributed by atoms with Gasteiger partial charge in [-0.2, -0.15) is 0 Å². The molecule has 0 N–H and O–H groups in total. The highest BCUT2D eigenvalue weighted by Gasteiger charge is 2.42. The summed E-state index contributed by atoms with van der Waals surface area (Å²) in [5, 5.41) is 0. The molecule has 1 aromatic carbocycles. The summed E-state index contributed by atoms with van der Waals surface area (Å²) in [6.45, 7) is 6.80. The number of hydrogen-bond acceptors (Lipinski definition) is 3. The highest BCUT2D eigenvalue weighted by atomic mass is 16.5. The number of rotatable bonds is 6. The quantitative estimate of drug-likeness (QED) is 0.789. The Hall–Kier alpha value is -1.35. The van der Waals surface area contributed by atoms with Crippen LogP contribution in [-0.4, -0.2) is 24.6 Å². The molecule has 0 bridgehead atoms. The lowest BCUT2D eigenvalue weighted by Crippen LogP contribution is -2.52. The molecule has 1 aliphatic rings. The number of Topliss-reactive ketones (excluding diaryl/α,β-unsaturated/α-hetero) is 1. The van der Waals surface area contributed by atoms with Crippen LogP contribution in [0.1, 0.15) is 45.1 Å². The minimum absolute atomic E-state index is 0.127. The predicted octanol–water partition coefficient (Wildman–Crippen LogP) is 3.33. The van der Waals surface area contributed by atoms with Crippen molar-refractivity contribution >= 4 is 5.78 Å². The Bertz CT molecular complexity index is 441. The van der Waals surface area contributed by atoms with Gasteiger partial charge in [-0.15, -0.1) is 0 Å². The van der Waals surface area contributed by atoms with E-state index in [9.17, 15) is 4.79 Å². The minimum Gasteiger partial charge on any atom is -0.486 e. The van der Waals surface area contributed by atoms with Gasteiger partial charge in [-0.3, -0.25) is 4.79 Å². The maximum atomic E-state index is 11.5. The zero-order valence-corrected chi connectivity index (χ0v) is 11.9. The summed E-state index contributed by atoms with van der Waals surface area (Å²) in [7, 11) is 0. The van der Waals surface area contributed by atoms with Crippen molar-refractivity contribution in [2.24, 2.45) is 0 Å². The average molecular weight is 262 g/mol. The first-order chi connectivity index (χ1) is 9.17. The summed E-state index contributed by atoms with van der Waals surface area (Å²) >= 11 is 0. The summed E-state index contributed by atoms with van der Waals surface area (Å²) in [6, 6.07) is 8.07. The summed E-state index contributed by atoms with van der Waals surface area (Å²) in [5.74, 6) is 1.49. The molecule has 0 aliphatic heterocycles. The third-order valence-corrected chi connectivity index (χ3v) is 3.74. The lowest BCUT2D eigenvalue weighted by molar-refractivity contribution is -0.154. The van der Waals surface area contributed by atoms with E-state index in [4.69, 9.17) is 9.47 Å². The van der Waals surface area contributed by atoms with Gasteiger partial charge in [0.05, 0.1) is 0 Å². The van der Waals surface area contributed by atoms with Gasteiger partial charge < -0.3 is 9.47 Å². The van der Waals surface area contributed by atoms with Gasteiger partial charge >= 0.3 is 0 Å². The zero-order chi connectivity index (χ0) is 13.8. The molecule has 0 heterocycles. The molecule has 3 unspecified atom stereocenters. The number of carbonyl (C=O) groups is 1. The molecule has 0 radical (unpaired) electrons. The van der Waals surface area contributed by atoms with Crippen LogP contribution in [0.4, 0.5) is 0 Å². The number of ether oxygens (including phenoxy) is 2. The normalized spacial score (nSPS) is 23.8. The van der Waals surface area contributed by atoms with E-state index < -0.39 is 0 Å². The van der Waals surface area contributed by atoms with Gasteiger partial charge in [0.15, 0.2) is 11.9 Å². The second-order valence-electron chi connectivity index (χ2n) is 5.05. The van der Waals surface area contributed by atoms with Crippen LogP contribution >= 0.6 is 0 Å². The van der Waals surface area contributed by atoms with Gasteiger partial charge in [0.2, 0.25) is 0 Å². The van der Waals surface area contributed by atoms with Crippen molar-refractivity contribution in [1.29, 1.82) is 0 Å². The number of benzene rings is 1. The van der Waals surface area contributed by atoms with Crippen LogP contribution in [0, 0.1) is 0 Å². The Balaban J connectivity index is 2.09. The first-order valence-corrected chi connectivity index (χ1v) is 7.07. The molecule has 0 aromatic heterocycles. The van der Waals surface area contributed by atoms with Crippen molar-refractivity contribution in [3.8, 4) is 5.75 Å². The Morgan fingerprint density at radius 3 is 2.68 bits per heavy atom. The van der Waals surface area contributed by atoms with Crippen LogP contribution in [0.3, 0.4) is 0 Å². The fourth-order valence-electron chi connectivity index (χ4n) is 2.33. The van der Waals surface area contributed by atoms with E-state index in [-0.39, 0.29) is 18.0 Å². The molecule has 1 fully saturated rings. The summed E-state index contributed by atoms with van der Waals surface area (Å²) < 4.78 is 11.4. The van der Waals surface area contributed by atoms with Crippen LogP contribution in [-0.2, 0) is 9.53 Å². The summed E-state index contributed by atoms with van der Waals surface area (Å²) in [5.41, 5.74) is 1.21. The first kappa shape index (κ1) is 14.1. The Morgan fingerprint density at radius 1 is 1.32 bits per heavy atom. The molecule has 1 saturated carbocycles. The van der Waals surface area contributed by atoms with Crippen molar-refractivity contribution in [2.75, 3.05) is 6.61 Å². The summed E-state index contributed by atoms with van der Waals surface area (Å²) in [6.07, 6.45) is 1.02. The number of para-hydroxylation sites is 1. The molecule has 2 rings (SSSR count). The van der Waals surface area contributed by atoms with Crippen LogP contribution < -0.4 is 4.74 Å². The van der Waals surface area contributed by atoms with E-state index in [1.807, 2.05) is 25.1 Å². The van der Waals surface area contributed by atoms with E-state index in [0.29, 0.717) is 18.9 Å². The van der Waals surface area contributed by atoms with Gasteiger partial charge in [-0.05, 0) is 30.9 Å². The molecule has 0 spiro atoms. The van der Waals surface area contributed by atoms with E-state index in [1.54, 1.807) is 0 Å². The average Bonchev–Trinajstić information content (AvgIpc) is 2.44. The smallest absolute Gasteiger partial charge is 0.169 e. The number of hydrogen-bond donors (Lipinski definition) is 0. The van der Waals surface area contributed by atoms with Gasteiger partial charge in [-0.1, -0.05) is 32.0 Å². The van der Waals surface area contributed by atoms with Crippen molar-refractivity contribution in [1.82, 2.24) is 0 Å². The molecule has 104 valence electrons. The highest BCUT2D eigenvalue weighted by molar-refractivity contribution is 5.90. The Morgan fingerprint density at radius 2 is 2.05 bits per heavy atom. The van der Waals surface area contributed by atoms with Crippen LogP contribution in [0.25, 0.3) is 0 Å². The zero-order valence-electron chi connectivity index (χ0n) is 11.9. The minimum atomic E-state index is -0.380. The van der Waals surface area contributed by atoms with E-state index in [0.717, 1.165) is 12.2 Å². The third kappa shape index (κ3) is 2.98. The molecular weight excluding hydrogens is 240 g/mol. The molecule has 0 amide bonds. The SMILES string of the molecule is CCOC1C(=O)CC1Oc1ccccc1C(C)CC. The third-order valence-electron chi connectivity index (χ3n) is 3.74. The first-order valence-electron chi connectivity index (χ1n) is 7.07. The second-order valence-corrected chi connectivity index (χ2v) is 5.05. The van der Waals surface area contributed by atoms with Crippen molar-refractivity contribution < 1.29 is 14.3 Å². The van der Waals surface area contributed by atoms with Crippen LogP contribution in [0.15, 0.2) is 24.3 Å². The van der Waals surface area contributed by atoms with Crippen molar-refractivity contribution in [3.05, 3.63) is 29.8 Å². The van der Waals surface area contributed by atoms with Crippen molar-refractivity contribution in [3.63, 3.8) is 0 Å². The Kier molecular flexibility index (Phi) is 4.59. The van der Waals surface area contributed by atoms with E-state index in [1.165, 1.54) is 5.56 Å². The lowest BCUT2D eigenvalue weighted by atomic mass is 9.89. The molecule has 3 atom stereocenters. The molecule has 19 heavy (non-hydrogen) atoms. The highest BCUT2D eigenvalue weighted by Crippen LogP contribution is 2.32. The monoisotopic (exact) mass is 262 g/mol. The van der Waals surface area contributed by atoms with E-state index >= 15 is 0 Å². The van der Waals surface area contributed by atoms with Gasteiger partial charge in [0, 0.05) is 13.0 Å². The van der Waals surface area contributed by atoms with Crippen LogP contribution in [0.2, 0.25) is 0 Å². The van der Waals surface area contributed by atoms with Crippen LogP contribution in [0.5, 0.6) is 5.75 Å². The summed E-state index contributed by atoms with van der Waals surface area (Å²) in [4.78, 5) is 11.5. The largest absolute Gasteiger partial charge is 0.486 e. The lowest BCUT2D eigenvalue weighted by Gasteiger charge is -2.35. The molecule has 3 heteroatoms. The Labute approximate surface area is 114 Å². The molecule has 0 saturated heterocycles. The number of ketones is 1. The van der Waals surface area contributed by atoms with Gasteiger partial charge in [0.1, 0.15) is 11.9 Å². The fraction of sp³-hybridized carbons (Fsp3) is 0.562. The molecule has 3 nitrogen and oxygen atoms in total. The fourth-order valence-corrected chi connectivity index (χ4v) is 2.33. The van der Waals surface area contributed by atoms with Gasteiger partial charge in [-0.25, -0.2) is 0 Å². The molecule has 1 aromatic rings. The topological polar surface area (TPSA) is 35.5 Å².